The summed E-state index contributed by atoms with van der Waals surface area (Å²) in [5.41, 5.74) is 0. The Morgan fingerprint density at radius 2 is 2.13 bits per heavy atom. The molecule has 1 fully saturated rings. The molecule has 1 saturated carbocycles. The lowest BCUT2D eigenvalue weighted by atomic mass is 10.2. The topological polar surface area (TPSA) is 12.0 Å². The number of rotatable bonds is 7. The highest BCUT2D eigenvalue weighted by Crippen LogP contribution is 2.23. The van der Waals surface area contributed by atoms with Crippen LogP contribution in [0.15, 0.2) is 12.1 Å². The monoisotopic (exact) mass is 243 g/mol. The van der Waals surface area contributed by atoms with Crippen molar-refractivity contribution < 1.29 is 0 Å². The first-order valence-electron chi connectivity index (χ1n) is 5.82. The summed E-state index contributed by atoms with van der Waals surface area (Å²) in [6.07, 6.45) is 7.93. The normalized spacial score (nSPS) is 15.8. The maximum atomic E-state index is 5.87. The summed E-state index contributed by atoms with van der Waals surface area (Å²) in [5, 5.41) is 3.54. The van der Waals surface area contributed by atoms with Gasteiger partial charge < -0.3 is 5.32 Å². The van der Waals surface area contributed by atoms with E-state index < -0.39 is 0 Å². The fraction of sp³-hybridized carbons (Fsp3) is 0.667. The first-order chi connectivity index (χ1) is 7.34. The van der Waals surface area contributed by atoms with Crippen molar-refractivity contribution in [3.8, 4) is 0 Å². The second kappa shape index (κ2) is 5.88. The van der Waals surface area contributed by atoms with Gasteiger partial charge in [-0.2, -0.15) is 0 Å². The van der Waals surface area contributed by atoms with Gasteiger partial charge in [-0.05, 0) is 50.8 Å². The molecule has 1 aliphatic rings. The Bertz CT molecular complexity index is 294. The molecular weight excluding hydrogens is 226 g/mol. The van der Waals surface area contributed by atoms with Crippen LogP contribution in [0.2, 0.25) is 4.34 Å². The Morgan fingerprint density at radius 3 is 2.80 bits per heavy atom. The molecule has 0 saturated heterocycles. The van der Waals surface area contributed by atoms with Gasteiger partial charge in [0.15, 0.2) is 0 Å². The summed E-state index contributed by atoms with van der Waals surface area (Å²) >= 11 is 7.59. The van der Waals surface area contributed by atoms with Gasteiger partial charge in [0.25, 0.3) is 0 Å². The standard InChI is InChI=1S/C12H18ClNS/c13-12-8-7-11(15-12)4-2-1-3-9-14-10-5-6-10/h7-8,10,14H,1-6,9H2. The van der Waals surface area contributed by atoms with Crippen LogP contribution in [0.4, 0.5) is 0 Å². The van der Waals surface area contributed by atoms with E-state index in [0.29, 0.717) is 0 Å². The Labute approximate surface area is 101 Å². The van der Waals surface area contributed by atoms with Gasteiger partial charge in [-0.3, -0.25) is 0 Å². The number of nitrogens with one attached hydrogen (secondary N) is 1. The second-order valence-electron chi connectivity index (χ2n) is 4.24. The van der Waals surface area contributed by atoms with Gasteiger partial charge in [-0.25, -0.2) is 0 Å². The predicted molar refractivity (Wildman–Crippen MR) is 67.9 cm³/mol. The summed E-state index contributed by atoms with van der Waals surface area (Å²) in [6.45, 7) is 1.20. The minimum atomic E-state index is 0.862. The molecule has 3 heteroatoms. The summed E-state index contributed by atoms with van der Waals surface area (Å²) in [5.74, 6) is 0. The van der Waals surface area contributed by atoms with Gasteiger partial charge in [-0.1, -0.05) is 18.0 Å². The number of halogens is 1. The number of unbranched alkanes of at least 4 members (excludes halogenated alkanes) is 2. The Kier molecular flexibility index (Phi) is 4.48. The molecule has 0 atom stereocenters. The van der Waals surface area contributed by atoms with E-state index in [1.54, 1.807) is 11.3 Å². The van der Waals surface area contributed by atoms with Gasteiger partial charge in [0, 0.05) is 10.9 Å². The lowest BCUT2D eigenvalue weighted by Gasteiger charge is -2.01. The van der Waals surface area contributed by atoms with Crippen molar-refractivity contribution in [3.63, 3.8) is 0 Å². The summed E-state index contributed by atoms with van der Waals surface area (Å²) in [4.78, 5) is 1.43. The van der Waals surface area contributed by atoms with E-state index >= 15 is 0 Å². The van der Waals surface area contributed by atoms with E-state index in [9.17, 15) is 0 Å². The molecule has 1 heterocycles. The van der Waals surface area contributed by atoms with Crippen LogP contribution in [0.3, 0.4) is 0 Å². The van der Waals surface area contributed by atoms with Crippen molar-refractivity contribution >= 4 is 22.9 Å². The molecule has 1 nitrogen and oxygen atoms in total. The van der Waals surface area contributed by atoms with E-state index in [2.05, 4.69) is 11.4 Å². The molecule has 0 radical (unpaired) electrons. The first-order valence-corrected chi connectivity index (χ1v) is 7.01. The SMILES string of the molecule is Clc1ccc(CCCCCNC2CC2)s1. The average molecular weight is 244 g/mol. The van der Waals surface area contributed by atoms with Crippen LogP contribution < -0.4 is 5.32 Å². The molecular formula is C12H18ClNS. The lowest BCUT2D eigenvalue weighted by molar-refractivity contribution is 0.601. The zero-order valence-electron chi connectivity index (χ0n) is 8.97. The molecule has 2 rings (SSSR count). The van der Waals surface area contributed by atoms with Crippen LogP contribution in [0.1, 0.15) is 37.0 Å². The van der Waals surface area contributed by atoms with Gasteiger partial charge in [0.1, 0.15) is 0 Å². The molecule has 1 aromatic heterocycles. The maximum absolute atomic E-state index is 5.87. The van der Waals surface area contributed by atoms with Crippen molar-refractivity contribution in [1.29, 1.82) is 0 Å². The third-order valence-electron chi connectivity index (χ3n) is 2.74. The van der Waals surface area contributed by atoms with E-state index in [4.69, 9.17) is 11.6 Å². The molecule has 1 aromatic rings. The third kappa shape index (κ3) is 4.54. The van der Waals surface area contributed by atoms with Crippen LogP contribution in [0.5, 0.6) is 0 Å². The number of hydrogen-bond donors (Lipinski definition) is 1. The van der Waals surface area contributed by atoms with E-state index in [1.165, 1.54) is 49.9 Å². The Hall–Kier alpha value is -0.0500. The molecule has 0 amide bonds. The molecule has 0 aromatic carbocycles. The average Bonchev–Trinajstić information content (AvgIpc) is 2.95. The van der Waals surface area contributed by atoms with Crippen LogP contribution in [-0.2, 0) is 6.42 Å². The molecule has 15 heavy (non-hydrogen) atoms. The fourth-order valence-electron chi connectivity index (χ4n) is 1.68. The van der Waals surface area contributed by atoms with Crippen LogP contribution in [0, 0.1) is 0 Å². The van der Waals surface area contributed by atoms with Gasteiger partial charge >= 0.3 is 0 Å². The highest BCUT2D eigenvalue weighted by atomic mass is 35.5. The first kappa shape index (κ1) is 11.4. The van der Waals surface area contributed by atoms with Crippen molar-refractivity contribution in [2.24, 2.45) is 0 Å². The zero-order valence-corrected chi connectivity index (χ0v) is 10.5. The van der Waals surface area contributed by atoms with Crippen molar-refractivity contribution in [2.75, 3.05) is 6.54 Å². The number of hydrogen-bond acceptors (Lipinski definition) is 2. The zero-order chi connectivity index (χ0) is 10.5. The van der Waals surface area contributed by atoms with Crippen molar-refractivity contribution in [1.82, 2.24) is 5.32 Å². The second-order valence-corrected chi connectivity index (χ2v) is 6.04. The minimum absolute atomic E-state index is 0.862. The number of aryl methyl sites for hydroxylation is 1. The van der Waals surface area contributed by atoms with Gasteiger partial charge in [-0.15, -0.1) is 11.3 Å². The molecule has 1 N–H and O–H groups in total. The van der Waals surface area contributed by atoms with Crippen LogP contribution in [0.25, 0.3) is 0 Å². The molecule has 0 spiro atoms. The van der Waals surface area contributed by atoms with E-state index in [0.717, 1.165) is 10.4 Å². The van der Waals surface area contributed by atoms with Crippen LogP contribution >= 0.6 is 22.9 Å². The lowest BCUT2D eigenvalue weighted by Crippen LogP contribution is -2.17. The summed E-state index contributed by atoms with van der Waals surface area (Å²) < 4.78 is 0.917. The highest BCUT2D eigenvalue weighted by Gasteiger charge is 2.19. The third-order valence-corrected chi connectivity index (χ3v) is 4.03. The quantitative estimate of drug-likeness (QED) is 0.717. The predicted octanol–water partition coefficient (Wildman–Crippen LogP) is 3.87. The Balaban J connectivity index is 1.47. The minimum Gasteiger partial charge on any atom is -0.314 e. The highest BCUT2D eigenvalue weighted by molar-refractivity contribution is 7.16. The van der Waals surface area contributed by atoms with E-state index in [-0.39, 0.29) is 0 Å². The van der Waals surface area contributed by atoms with Gasteiger partial charge in [0.05, 0.1) is 4.34 Å². The molecule has 0 aliphatic heterocycles. The van der Waals surface area contributed by atoms with E-state index in [1.807, 2.05) is 6.07 Å². The van der Waals surface area contributed by atoms with Crippen molar-refractivity contribution in [2.45, 2.75) is 44.6 Å². The number of thiophene rings is 1. The maximum Gasteiger partial charge on any atom is 0.0931 e. The van der Waals surface area contributed by atoms with Crippen LogP contribution in [-0.4, -0.2) is 12.6 Å². The Morgan fingerprint density at radius 1 is 1.27 bits per heavy atom. The summed E-state index contributed by atoms with van der Waals surface area (Å²) in [7, 11) is 0. The van der Waals surface area contributed by atoms with Gasteiger partial charge in [0.2, 0.25) is 0 Å². The smallest absolute Gasteiger partial charge is 0.0931 e. The molecule has 0 bridgehead atoms. The molecule has 84 valence electrons. The summed E-state index contributed by atoms with van der Waals surface area (Å²) in [6, 6.07) is 5.01. The fourth-order valence-corrected chi connectivity index (χ4v) is 2.81. The largest absolute Gasteiger partial charge is 0.314 e. The molecule has 0 unspecified atom stereocenters. The molecule has 1 aliphatic carbocycles. The van der Waals surface area contributed by atoms with Crippen molar-refractivity contribution in [3.05, 3.63) is 21.3 Å².